The lowest BCUT2D eigenvalue weighted by molar-refractivity contribution is -0.113. The molecule has 1 radical (unpaired) electrons. The van der Waals surface area contributed by atoms with Crippen LogP contribution < -0.4 is 10.1 Å². The fraction of sp³-hybridized carbons (Fsp3) is 0.0909. The molecule has 0 saturated heterocycles. The number of rotatable bonds is 2. The summed E-state index contributed by atoms with van der Waals surface area (Å²) in [7, 11) is 0. The van der Waals surface area contributed by atoms with Gasteiger partial charge in [0.05, 0.1) is 11.3 Å². The number of anilines is 1. The van der Waals surface area contributed by atoms with Crippen LogP contribution in [0.4, 0.5) is 5.69 Å². The molecular weight excluding hydrogens is 406 g/mol. The van der Waals surface area contributed by atoms with Crippen molar-refractivity contribution >= 4 is 30.2 Å². The normalized spacial score (nSPS) is 14.9. The third-order valence-corrected chi connectivity index (χ3v) is 5.45. The van der Waals surface area contributed by atoms with E-state index in [9.17, 15) is 19.8 Å². The molecule has 3 N–H and O–H groups in total. The van der Waals surface area contributed by atoms with E-state index in [4.69, 9.17) is 22.1 Å². The number of aromatic hydroxyl groups is 2. The number of carbonyl (C=O) groups is 2. The van der Waals surface area contributed by atoms with Gasteiger partial charge in [0.25, 0.3) is 0 Å². The van der Waals surface area contributed by atoms with Gasteiger partial charge in [-0.25, -0.2) is 4.79 Å². The number of esters is 1. The van der Waals surface area contributed by atoms with Crippen LogP contribution in [0.1, 0.15) is 27.0 Å². The Morgan fingerprint density at radius 2 is 1.53 bits per heavy atom. The van der Waals surface area contributed by atoms with Crippen LogP contribution in [0.2, 0.25) is 0 Å². The third kappa shape index (κ3) is 2.54. The zero-order valence-corrected chi connectivity index (χ0v) is 16.2. The van der Waals surface area contributed by atoms with Crippen molar-refractivity contribution in [3.8, 4) is 23.0 Å². The van der Waals surface area contributed by atoms with Crippen molar-refractivity contribution in [2.45, 2.75) is 5.60 Å². The summed E-state index contributed by atoms with van der Waals surface area (Å²) in [5.74, 6) is -0.443. The smallest absolute Gasteiger partial charge is 0.340 e. The Bertz CT molecular complexity index is 1190. The fourth-order valence-electron chi connectivity index (χ4n) is 3.98. The number of hydrogen-bond acceptors (Lipinski definition) is 6. The zero-order valence-electron chi connectivity index (χ0n) is 15.3. The number of amides is 1. The Kier molecular flexibility index (Phi) is 3.94. The Hall–Kier alpha value is -3.65. The fourth-order valence-corrected chi connectivity index (χ4v) is 4.05. The summed E-state index contributed by atoms with van der Waals surface area (Å²) in [6.07, 6.45) is 0. The summed E-state index contributed by atoms with van der Waals surface area (Å²) in [6.45, 7) is 0. The third-order valence-electron chi connectivity index (χ3n) is 5.19. The van der Waals surface area contributed by atoms with Gasteiger partial charge in [-0.1, -0.05) is 18.7 Å². The molecule has 1 amide bonds. The topological polar surface area (TPSA) is 105 Å². The predicted octanol–water partition coefficient (Wildman–Crippen LogP) is 3.80. The van der Waals surface area contributed by atoms with Gasteiger partial charge in [0, 0.05) is 34.5 Å². The molecule has 0 aromatic heterocycles. The second-order valence-electron chi connectivity index (χ2n) is 6.99. The second-order valence-corrected chi connectivity index (χ2v) is 7.28. The van der Waals surface area contributed by atoms with Crippen LogP contribution >= 0.6 is 12.6 Å². The van der Waals surface area contributed by atoms with Crippen LogP contribution in [-0.2, 0) is 15.1 Å². The first-order valence-electron chi connectivity index (χ1n) is 9.03. The molecule has 0 aliphatic carbocycles. The van der Waals surface area contributed by atoms with Crippen molar-refractivity contribution in [1.29, 1.82) is 0 Å². The molecule has 2 aliphatic heterocycles. The van der Waals surface area contributed by atoms with Gasteiger partial charge in [-0.15, -0.1) is 0 Å². The minimum absolute atomic E-state index is 0.0148. The summed E-state index contributed by atoms with van der Waals surface area (Å²) in [5.41, 5.74) is 1.03. The Labute approximate surface area is 176 Å². The molecule has 149 valence electrons. The van der Waals surface area contributed by atoms with Crippen molar-refractivity contribution in [1.82, 2.24) is 0 Å². The van der Waals surface area contributed by atoms with E-state index in [1.54, 1.807) is 30.3 Å². The molecule has 7 nitrogen and oxygen atoms in total. The summed E-state index contributed by atoms with van der Waals surface area (Å²) in [4.78, 5) is 24.6. The van der Waals surface area contributed by atoms with Crippen molar-refractivity contribution in [2.75, 3.05) is 11.1 Å². The average molecular weight is 420 g/mol. The monoisotopic (exact) mass is 420 g/mol. The number of fused-ring (bicyclic) bond motifs is 6. The number of hydrogen-bond donors (Lipinski definition) is 3. The van der Waals surface area contributed by atoms with Gasteiger partial charge >= 0.3 is 5.97 Å². The Balaban J connectivity index is 1.76. The molecule has 8 heteroatoms. The molecule has 2 heterocycles. The lowest BCUT2D eigenvalue weighted by atomic mass is 9.77. The number of benzene rings is 3. The molecule has 0 fully saturated rings. The number of phenolic OH excluding ortho intramolecular Hbond substituents is 2. The van der Waals surface area contributed by atoms with Crippen molar-refractivity contribution in [3.63, 3.8) is 0 Å². The summed E-state index contributed by atoms with van der Waals surface area (Å²) in [5, 5.41) is 22.5. The number of nitrogens with one attached hydrogen (secondary N) is 1. The molecule has 3 aromatic carbocycles. The standard InChI is InChI=1S/C22H14NO6S/c24-12-2-5-16-18(8-12)28-19-9-13(25)3-6-17(19)22(16)15-4-1-11(23-20(26)10-30)7-14(15)21(27)29-22/h1-9,24-25H,10H2,(H,23,26). The number of carbonyl (C=O) groups excluding carboxylic acids is 2. The van der Waals surface area contributed by atoms with Crippen molar-refractivity contribution in [3.05, 3.63) is 76.9 Å². The average Bonchev–Trinajstić information content (AvgIpc) is 3.00. The lowest BCUT2D eigenvalue weighted by Gasteiger charge is -2.36. The molecule has 0 unspecified atom stereocenters. The van der Waals surface area contributed by atoms with Crippen molar-refractivity contribution < 1.29 is 29.3 Å². The van der Waals surface area contributed by atoms with Crippen LogP contribution in [0.5, 0.6) is 23.0 Å². The van der Waals surface area contributed by atoms with E-state index >= 15 is 0 Å². The van der Waals surface area contributed by atoms with E-state index in [0.717, 1.165) is 0 Å². The summed E-state index contributed by atoms with van der Waals surface area (Å²) < 4.78 is 11.9. The zero-order chi connectivity index (χ0) is 21.0. The minimum Gasteiger partial charge on any atom is -0.508 e. The number of ether oxygens (including phenoxy) is 2. The summed E-state index contributed by atoms with van der Waals surface area (Å²) >= 11 is 4.74. The predicted molar refractivity (Wildman–Crippen MR) is 109 cm³/mol. The maximum atomic E-state index is 12.9. The molecule has 2 aliphatic rings. The van der Waals surface area contributed by atoms with E-state index in [1.807, 2.05) is 0 Å². The molecule has 30 heavy (non-hydrogen) atoms. The summed E-state index contributed by atoms with van der Waals surface area (Å²) in [6, 6.07) is 14.0. The van der Waals surface area contributed by atoms with Gasteiger partial charge in [0.1, 0.15) is 23.0 Å². The van der Waals surface area contributed by atoms with E-state index in [1.165, 1.54) is 24.3 Å². The van der Waals surface area contributed by atoms with Crippen LogP contribution in [0.15, 0.2) is 54.6 Å². The quantitative estimate of drug-likeness (QED) is 0.545. The van der Waals surface area contributed by atoms with E-state index in [2.05, 4.69) is 5.32 Å². The van der Waals surface area contributed by atoms with Gasteiger partial charge < -0.3 is 25.0 Å². The largest absolute Gasteiger partial charge is 0.508 e. The Morgan fingerprint density at radius 1 is 0.933 bits per heavy atom. The van der Waals surface area contributed by atoms with E-state index in [0.29, 0.717) is 33.9 Å². The van der Waals surface area contributed by atoms with Gasteiger partial charge in [0.2, 0.25) is 5.91 Å². The van der Waals surface area contributed by atoms with Gasteiger partial charge in [0.15, 0.2) is 5.60 Å². The minimum atomic E-state index is -1.32. The van der Waals surface area contributed by atoms with Crippen LogP contribution in [0.25, 0.3) is 0 Å². The van der Waals surface area contributed by atoms with E-state index in [-0.39, 0.29) is 28.7 Å². The highest BCUT2D eigenvalue weighted by atomic mass is 32.1. The molecule has 1 spiro atoms. The number of phenols is 2. The maximum absolute atomic E-state index is 12.9. The van der Waals surface area contributed by atoms with Gasteiger partial charge in [-0.05, 0) is 36.4 Å². The second kappa shape index (κ2) is 6.43. The molecule has 0 saturated carbocycles. The van der Waals surface area contributed by atoms with Crippen LogP contribution in [0.3, 0.4) is 0 Å². The maximum Gasteiger partial charge on any atom is 0.340 e. The highest BCUT2D eigenvalue weighted by Crippen LogP contribution is 2.57. The van der Waals surface area contributed by atoms with Crippen molar-refractivity contribution in [2.24, 2.45) is 0 Å². The van der Waals surface area contributed by atoms with Gasteiger partial charge in [-0.3, -0.25) is 4.79 Å². The van der Waals surface area contributed by atoms with E-state index < -0.39 is 11.6 Å². The van der Waals surface area contributed by atoms with Gasteiger partial charge in [-0.2, -0.15) is 0 Å². The molecule has 3 aromatic rings. The molecule has 0 atom stereocenters. The first-order chi connectivity index (χ1) is 14.4. The first-order valence-corrected chi connectivity index (χ1v) is 9.61. The molecular formula is C22H14NO6S. The Morgan fingerprint density at radius 3 is 2.13 bits per heavy atom. The lowest BCUT2D eigenvalue weighted by Crippen LogP contribution is -2.32. The van der Waals surface area contributed by atoms with Crippen LogP contribution in [0, 0.1) is 0 Å². The van der Waals surface area contributed by atoms with Crippen LogP contribution in [-0.4, -0.2) is 27.8 Å². The molecule has 5 rings (SSSR count). The molecule has 0 bridgehead atoms. The SMILES string of the molecule is O=C(C[S])Nc1ccc2c(c1)C(=O)OC21c2ccc(O)cc2Oc2cc(O)ccc21. The highest BCUT2D eigenvalue weighted by Gasteiger charge is 2.53. The first kappa shape index (κ1) is 18.4. The highest BCUT2D eigenvalue weighted by molar-refractivity contribution is 7.81.